The first-order valence-electron chi connectivity index (χ1n) is 6.43. The van der Waals surface area contributed by atoms with E-state index in [4.69, 9.17) is 10.00 Å². The Hall–Kier alpha value is -1.64. The SMILES string of the molecule is C[Si](C)(C)CCOCn1cc(C#N)c2cccnc21. The van der Waals surface area contributed by atoms with Crippen LogP contribution in [-0.2, 0) is 11.5 Å². The highest BCUT2D eigenvalue weighted by molar-refractivity contribution is 6.76. The first-order valence-corrected chi connectivity index (χ1v) is 10.1. The van der Waals surface area contributed by atoms with Crippen molar-refractivity contribution in [3.63, 3.8) is 0 Å². The zero-order valence-corrected chi connectivity index (χ0v) is 12.7. The molecule has 0 N–H and O–H groups in total. The number of hydrogen-bond donors (Lipinski definition) is 0. The molecule has 5 heteroatoms. The van der Waals surface area contributed by atoms with E-state index in [9.17, 15) is 0 Å². The first-order chi connectivity index (χ1) is 9.01. The van der Waals surface area contributed by atoms with Gasteiger partial charge in [0.05, 0.1) is 5.56 Å². The third-order valence-corrected chi connectivity index (χ3v) is 4.69. The zero-order valence-electron chi connectivity index (χ0n) is 11.7. The fourth-order valence-electron chi connectivity index (χ4n) is 1.85. The molecule has 2 rings (SSSR count). The van der Waals surface area contributed by atoms with Crippen molar-refractivity contribution in [2.24, 2.45) is 0 Å². The lowest BCUT2D eigenvalue weighted by Crippen LogP contribution is -2.22. The summed E-state index contributed by atoms with van der Waals surface area (Å²) in [7, 11) is -1.05. The van der Waals surface area contributed by atoms with Gasteiger partial charge in [-0.25, -0.2) is 4.98 Å². The van der Waals surface area contributed by atoms with Crippen molar-refractivity contribution in [3.05, 3.63) is 30.1 Å². The highest BCUT2D eigenvalue weighted by Crippen LogP contribution is 2.18. The first kappa shape index (κ1) is 13.8. The van der Waals surface area contributed by atoms with Crippen molar-refractivity contribution in [3.8, 4) is 6.07 Å². The van der Waals surface area contributed by atoms with Crippen molar-refractivity contribution in [1.29, 1.82) is 5.26 Å². The second-order valence-corrected chi connectivity index (χ2v) is 11.5. The van der Waals surface area contributed by atoms with Gasteiger partial charge in [-0.3, -0.25) is 0 Å². The third kappa shape index (κ3) is 3.43. The van der Waals surface area contributed by atoms with Crippen LogP contribution in [-0.4, -0.2) is 24.2 Å². The molecule has 0 aliphatic carbocycles. The Morgan fingerprint density at radius 2 is 2.21 bits per heavy atom. The van der Waals surface area contributed by atoms with Gasteiger partial charge in [-0.05, 0) is 18.2 Å². The number of pyridine rings is 1. The summed E-state index contributed by atoms with van der Waals surface area (Å²) in [6.45, 7) is 8.22. The minimum atomic E-state index is -1.05. The number of nitriles is 1. The summed E-state index contributed by atoms with van der Waals surface area (Å²) < 4.78 is 7.61. The Balaban J connectivity index is 2.07. The van der Waals surface area contributed by atoms with E-state index in [-0.39, 0.29) is 0 Å². The van der Waals surface area contributed by atoms with Gasteiger partial charge in [0.25, 0.3) is 0 Å². The lowest BCUT2D eigenvalue weighted by atomic mass is 10.2. The summed E-state index contributed by atoms with van der Waals surface area (Å²) in [5, 5.41) is 9.99. The maximum atomic E-state index is 9.10. The average molecular weight is 273 g/mol. The lowest BCUT2D eigenvalue weighted by molar-refractivity contribution is 0.0898. The van der Waals surface area contributed by atoms with Gasteiger partial charge in [-0.15, -0.1) is 0 Å². The van der Waals surface area contributed by atoms with Crippen molar-refractivity contribution in [2.75, 3.05) is 6.61 Å². The van der Waals surface area contributed by atoms with Crippen LogP contribution in [0.15, 0.2) is 24.5 Å². The second kappa shape index (κ2) is 5.55. The average Bonchev–Trinajstić information content (AvgIpc) is 2.72. The van der Waals surface area contributed by atoms with E-state index < -0.39 is 8.07 Å². The van der Waals surface area contributed by atoms with E-state index in [1.807, 2.05) is 22.9 Å². The third-order valence-electron chi connectivity index (χ3n) is 2.98. The number of hydrogen-bond acceptors (Lipinski definition) is 3. The predicted octanol–water partition coefficient (Wildman–Crippen LogP) is 3.22. The summed E-state index contributed by atoms with van der Waals surface area (Å²) in [4.78, 5) is 4.32. The second-order valence-electron chi connectivity index (χ2n) is 5.85. The van der Waals surface area contributed by atoms with Gasteiger partial charge < -0.3 is 9.30 Å². The van der Waals surface area contributed by atoms with Gasteiger partial charge in [0.2, 0.25) is 0 Å². The molecule has 0 unspecified atom stereocenters. The number of ether oxygens (including phenoxy) is 1. The van der Waals surface area contributed by atoms with Crippen molar-refractivity contribution in [2.45, 2.75) is 32.4 Å². The number of aromatic nitrogens is 2. The standard InChI is InChI=1S/C14H19N3OSi/c1-19(2,3)8-7-18-11-17-10-12(9-15)13-5-4-6-16-14(13)17/h4-6,10H,7-8,11H2,1-3H3. The molecule has 4 nitrogen and oxygen atoms in total. The molecule has 0 saturated carbocycles. The van der Waals surface area contributed by atoms with Crippen LogP contribution in [0.25, 0.3) is 11.0 Å². The topological polar surface area (TPSA) is 50.8 Å². The molecule has 0 aliphatic heterocycles. The minimum absolute atomic E-state index is 0.458. The van der Waals surface area contributed by atoms with Crippen LogP contribution < -0.4 is 0 Å². The molecule has 0 aliphatic rings. The normalized spacial score (nSPS) is 11.7. The Kier molecular flexibility index (Phi) is 4.03. The summed E-state index contributed by atoms with van der Waals surface area (Å²) in [5.74, 6) is 0. The molecular formula is C14H19N3OSi. The molecule has 0 bridgehead atoms. The molecule has 0 radical (unpaired) electrons. The molecule has 19 heavy (non-hydrogen) atoms. The maximum Gasteiger partial charge on any atom is 0.143 e. The van der Waals surface area contributed by atoms with E-state index >= 15 is 0 Å². The number of fused-ring (bicyclic) bond motifs is 1. The summed E-state index contributed by atoms with van der Waals surface area (Å²) in [6.07, 6.45) is 3.55. The summed E-state index contributed by atoms with van der Waals surface area (Å²) in [6, 6.07) is 7.10. The molecule has 2 aromatic heterocycles. The molecule has 0 aromatic carbocycles. The molecule has 0 spiro atoms. The van der Waals surface area contributed by atoms with Gasteiger partial charge >= 0.3 is 0 Å². The zero-order chi connectivity index (χ0) is 13.9. The summed E-state index contributed by atoms with van der Waals surface area (Å²) in [5.41, 5.74) is 1.46. The minimum Gasteiger partial charge on any atom is -0.361 e. The van der Waals surface area contributed by atoms with E-state index in [2.05, 4.69) is 30.7 Å². The fourth-order valence-corrected chi connectivity index (χ4v) is 2.61. The maximum absolute atomic E-state index is 9.10. The van der Waals surface area contributed by atoms with Gasteiger partial charge in [0, 0.05) is 32.5 Å². The predicted molar refractivity (Wildman–Crippen MR) is 78.6 cm³/mol. The van der Waals surface area contributed by atoms with Crippen LogP contribution >= 0.6 is 0 Å². The Morgan fingerprint density at radius 3 is 2.89 bits per heavy atom. The van der Waals surface area contributed by atoms with E-state index in [1.54, 1.807) is 6.20 Å². The lowest BCUT2D eigenvalue weighted by Gasteiger charge is -2.15. The van der Waals surface area contributed by atoms with Gasteiger partial charge in [0.1, 0.15) is 18.4 Å². The van der Waals surface area contributed by atoms with Crippen LogP contribution in [0, 0.1) is 11.3 Å². The summed E-state index contributed by atoms with van der Waals surface area (Å²) >= 11 is 0. The number of rotatable bonds is 5. The van der Waals surface area contributed by atoms with Gasteiger partial charge in [0.15, 0.2) is 0 Å². The fraction of sp³-hybridized carbons (Fsp3) is 0.429. The highest BCUT2D eigenvalue weighted by Gasteiger charge is 2.13. The molecule has 0 amide bonds. The van der Waals surface area contributed by atoms with Crippen molar-refractivity contribution < 1.29 is 4.74 Å². The Morgan fingerprint density at radius 1 is 1.42 bits per heavy atom. The van der Waals surface area contributed by atoms with E-state index in [0.717, 1.165) is 23.7 Å². The van der Waals surface area contributed by atoms with E-state index in [1.165, 1.54) is 0 Å². The van der Waals surface area contributed by atoms with Crippen LogP contribution in [0.5, 0.6) is 0 Å². The molecule has 2 aromatic rings. The smallest absolute Gasteiger partial charge is 0.143 e. The molecular weight excluding hydrogens is 254 g/mol. The molecule has 0 saturated heterocycles. The van der Waals surface area contributed by atoms with E-state index in [0.29, 0.717) is 12.3 Å². The van der Waals surface area contributed by atoms with Gasteiger partial charge in [-0.1, -0.05) is 19.6 Å². The largest absolute Gasteiger partial charge is 0.361 e. The molecule has 0 atom stereocenters. The van der Waals surface area contributed by atoms with Gasteiger partial charge in [-0.2, -0.15) is 5.26 Å². The van der Waals surface area contributed by atoms with Crippen LogP contribution in [0.3, 0.4) is 0 Å². The van der Waals surface area contributed by atoms with Crippen LogP contribution in [0.1, 0.15) is 5.56 Å². The molecule has 100 valence electrons. The Bertz CT molecular complexity index is 607. The Labute approximate surface area is 114 Å². The number of nitrogens with zero attached hydrogens (tertiary/aromatic N) is 3. The molecule has 2 heterocycles. The van der Waals surface area contributed by atoms with Crippen molar-refractivity contribution in [1.82, 2.24) is 9.55 Å². The van der Waals surface area contributed by atoms with Crippen LogP contribution in [0.2, 0.25) is 25.7 Å². The quantitative estimate of drug-likeness (QED) is 0.621. The monoisotopic (exact) mass is 273 g/mol. The van der Waals surface area contributed by atoms with Crippen molar-refractivity contribution >= 4 is 19.1 Å². The van der Waals surface area contributed by atoms with Crippen LogP contribution in [0.4, 0.5) is 0 Å². The highest BCUT2D eigenvalue weighted by atomic mass is 28.3. The molecule has 0 fully saturated rings.